The Morgan fingerprint density at radius 1 is 1.05 bits per heavy atom. The second-order valence-corrected chi connectivity index (χ2v) is 14.1. The van der Waals surface area contributed by atoms with E-state index < -0.39 is 15.4 Å². The summed E-state index contributed by atoms with van der Waals surface area (Å²) in [4.78, 5) is 17.2. The van der Waals surface area contributed by atoms with Gasteiger partial charge in [-0.2, -0.15) is 0 Å². The predicted octanol–water partition coefficient (Wildman–Crippen LogP) is 4.82. The summed E-state index contributed by atoms with van der Waals surface area (Å²) in [5.41, 5.74) is 2.14. The largest absolute Gasteiger partial charge is 0.385 e. The molecular weight excluding hydrogens is 508 g/mol. The predicted molar refractivity (Wildman–Crippen MR) is 150 cm³/mol. The second-order valence-electron chi connectivity index (χ2n) is 11.1. The average molecular weight is 547 g/mol. The van der Waals surface area contributed by atoms with Crippen LogP contribution in [0.15, 0.2) is 48.5 Å². The number of carbonyl (C=O) groups excluding carboxylic acids is 1. The lowest BCUT2D eigenvalue weighted by Gasteiger charge is -2.39. The smallest absolute Gasteiger partial charge is 0.227 e. The Labute approximate surface area is 226 Å². The number of likely N-dealkylation sites (tertiary alicyclic amines) is 1. The third-order valence-electron chi connectivity index (χ3n) is 8.12. The summed E-state index contributed by atoms with van der Waals surface area (Å²) in [6.45, 7) is 7.59. The van der Waals surface area contributed by atoms with Crippen LogP contribution in [0.3, 0.4) is 0 Å². The van der Waals surface area contributed by atoms with E-state index in [1.54, 1.807) is 13.8 Å². The molecule has 0 aliphatic carbocycles. The fourth-order valence-electron chi connectivity index (χ4n) is 5.60. The van der Waals surface area contributed by atoms with E-state index in [-0.39, 0.29) is 28.9 Å². The number of anilines is 1. The van der Waals surface area contributed by atoms with Crippen molar-refractivity contribution >= 4 is 33.0 Å². The molecule has 0 aromatic heterocycles. The van der Waals surface area contributed by atoms with Crippen LogP contribution < -0.4 is 4.90 Å². The van der Waals surface area contributed by atoms with E-state index in [2.05, 4.69) is 17.0 Å². The summed E-state index contributed by atoms with van der Waals surface area (Å²) in [5.74, 6) is 0.426. The third kappa shape index (κ3) is 6.68. The summed E-state index contributed by atoms with van der Waals surface area (Å²) >= 11 is 6.00. The Bertz CT molecular complexity index is 1170. The van der Waals surface area contributed by atoms with E-state index in [1.165, 1.54) is 0 Å². The van der Waals surface area contributed by atoms with Crippen molar-refractivity contribution in [2.24, 2.45) is 5.92 Å². The van der Waals surface area contributed by atoms with Crippen molar-refractivity contribution in [3.8, 4) is 0 Å². The van der Waals surface area contributed by atoms with Crippen LogP contribution in [0.2, 0.25) is 5.02 Å². The van der Waals surface area contributed by atoms with Crippen molar-refractivity contribution in [1.82, 2.24) is 4.90 Å². The minimum atomic E-state index is -3.07. The number of halogens is 1. The van der Waals surface area contributed by atoms with Gasteiger partial charge in [-0.3, -0.25) is 4.79 Å². The van der Waals surface area contributed by atoms with Crippen LogP contribution in [0.4, 0.5) is 5.69 Å². The molecule has 0 bridgehead atoms. The van der Waals surface area contributed by atoms with Crippen LogP contribution in [0.1, 0.15) is 57.6 Å². The molecule has 2 saturated heterocycles. The highest BCUT2D eigenvalue weighted by molar-refractivity contribution is 7.91. The van der Waals surface area contributed by atoms with Crippen LogP contribution in [0.5, 0.6) is 0 Å². The van der Waals surface area contributed by atoms with Gasteiger partial charge in [-0.25, -0.2) is 8.42 Å². The summed E-state index contributed by atoms with van der Waals surface area (Å²) < 4.78 is 24.6. The molecule has 37 heavy (non-hydrogen) atoms. The number of nitrogens with zero attached hydrogens (tertiary/aromatic N) is 2. The molecule has 4 rings (SSSR count). The molecular formula is C29H39ClN2O4S. The molecule has 1 N–H and O–H groups in total. The molecule has 2 aromatic rings. The summed E-state index contributed by atoms with van der Waals surface area (Å²) in [7, 11) is -3.07. The summed E-state index contributed by atoms with van der Waals surface area (Å²) in [5, 5.41) is 11.5. The Morgan fingerprint density at radius 3 is 2.24 bits per heavy atom. The first kappa shape index (κ1) is 27.9. The quantitative estimate of drug-likeness (QED) is 0.538. The van der Waals surface area contributed by atoms with Gasteiger partial charge in [-0.15, -0.1) is 0 Å². The van der Waals surface area contributed by atoms with Gasteiger partial charge in [-0.05, 0) is 87.8 Å². The van der Waals surface area contributed by atoms with Gasteiger partial charge in [0.05, 0.1) is 23.0 Å². The molecule has 8 heteroatoms. The van der Waals surface area contributed by atoms with Crippen molar-refractivity contribution in [2.45, 2.75) is 69.8 Å². The van der Waals surface area contributed by atoms with E-state index in [1.807, 2.05) is 48.2 Å². The molecule has 6 nitrogen and oxygen atoms in total. The Kier molecular flexibility index (Phi) is 8.56. The van der Waals surface area contributed by atoms with Crippen LogP contribution in [-0.2, 0) is 26.7 Å². The van der Waals surface area contributed by atoms with Crippen molar-refractivity contribution in [3.05, 3.63) is 64.7 Å². The molecule has 2 aliphatic rings. The number of benzene rings is 2. The number of carbonyl (C=O) groups is 1. The van der Waals surface area contributed by atoms with Crippen molar-refractivity contribution in [3.63, 3.8) is 0 Å². The molecule has 2 fully saturated rings. The number of hydrogen-bond donors (Lipinski definition) is 1. The van der Waals surface area contributed by atoms with E-state index in [0.717, 1.165) is 42.7 Å². The molecule has 0 saturated carbocycles. The van der Waals surface area contributed by atoms with Gasteiger partial charge in [0.2, 0.25) is 5.91 Å². The summed E-state index contributed by atoms with van der Waals surface area (Å²) in [6, 6.07) is 15.6. The average Bonchev–Trinajstić information content (AvgIpc) is 2.85. The van der Waals surface area contributed by atoms with Gasteiger partial charge in [0, 0.05) is 36.4 Å². The highest BCUT2D eigenvalue weighted by Gasteiger charge is 2.34. The number of hydrogen-bond acceptors (Lipinski definition) is 5. The molecule has 2 unspecified atom stereocenters. The number of aliphatic hydroxyl groups is 1. The zero-order valence-electron chi connectivity index (χ0n) is 22.1. The lowest BCUT2D eigenvalue weighted by Crippen LogP contribution is -2.46. The standard InChI is InChI=1S/C29H39ClN2O4S/c1-21(2)37(35,36)20-24-12-15-32(22(3)18-24)28(33)19-23-4-10-27(11-5-23)31-16-13-29(34,14-17-31)25-6-8-26(30)9-7-25/h4-11,21-22,24,34H,12-20H2,1-3H3. The number of sulfone groups is 1. The zero-order valence-corrected chi connectivity index (χ0v) is 23.6. The maximum Gasteiger partial charge on any atom is 0.227 e. The SMILES string of the molecule is CC1CC(CS(=O)(=O)C(C)C)CCN1C(=O)Cc1ccc(N2CCC(O)(c3ccc(Cl)cc3)CC2)cc1. The molecule has 0 spiro atoms. The lowest BCUT2D eigenvalue weighted by atomic mass is 9.84. The number of piperidine rings is 2. The van der Waals surface area contributed by atoms with Gasteiger partial charge >= 0.3 is 0 Å². The minimum Gasteiger partial charge on any atom is -0.385 e. The first-order chi connectivity index (χ1) is 17.5. The lowest BCUT2D eigenvalue weighted by molar-refractivity contribution is -0.134. The van der Waals surface area contributed by atoms with Crippen LogP contribution in [0.25, 0.3) is 0 Å². The maximum atomic E-state index is 13.1. The first-order valence-electron chi connectivity index (χ1n) is 13.3. The fourth-order valence-corrected chi connectivity index (χ4v) is 7.07. The van der Waals surface area contributed by atoms with Gasteiger partial charge in [0.1, 0.15) is 0 Å². The zero-order chi connectivity index (χ0) is 26.8. The van der Waals surface area contributed by atoms with Gasteiger partial charge < -0.3 is 14.9 Å². The molecule has 1 amide bonds. The molecule has 2 aromatic carbocycles. The van der Waals surface area contributed by atoms with E-state index in [4.69, 9.17) is 11.6 Å². The number of rotatable bonds is 7. The molecule has 2 heterocycles. The highest BCUT2D eigenvalue weighted by atomic mass is 35.5. The first-order valence-corrected chi connectivity index (χ1v) is 15.4. The highest BCUT2D eigenvalue weighted by Crippen LogP contribution is 2.35. The molecule has 0 radical (unpaired) electrons. The van der Waals surface area contributed by atoms with Crippen molar-refractivity contribution < 1.29 is 18.3 Å². The third-order valence-corrected chi connectivity index (χ3v) is 10.7. The second kappa shape index (κ2) is 11.3. The Balaban J connectivity index is 1.29. The molecule has 2 atom stereocenters. The van der Waals surface area contributed by atoms with Gasteiger partial charge in [0.25, 0.3) is 0 Å². The molecule has 202 valence electrons. The normalized spacial score (nSPS) is 22.3. The van der Waals surface area contributed by atoms with Gasteiger partial charge in [-0.1, -0.05) is 35.9 Å². The van der Waals surface area contributed by atoms with E-state index in [9.17, 15) is 18.3 Å². The van der Waals surface area contributed by atoms with Crippen molar-refractivity contribution in [1.29, 1.82) is 0 Å². The van der Waals surface area contributed by atoms with Crippen LogP contribution >= 0.6 is 11.6 Å². The van der Waals surface area contributed by atoms with Crippen LogP contribution in [-0.4, -0.2) is 61.0 Å². The minimum absolute atomic E-state index is 0.0422. The summed E-state index contributed by atoms with van der Waals surface area (Å²) in [6.07, 6.45) is 3.09. The Hall–Kier alpha value is -2.09. The van der Waals surface area contributed by atoms with Crippen molar-refractivity contribution in [2.75, 3.05) is 30.3 Å². The van der Waals surface area contributed by atoms with Gasteiger partial charge in [0.15, 0.2) is 9.84 Å². The fraction of sp³-hybridized carbons (Fsp3) is 0.552. The molecule has 2 aliphatic heterocycles. The monoisotopic (exact) mass is 546 g/mol. The topological polar surface area (TPSA) is 77.9 Å². The van der Waals surface area contributed by atoms with E-state index >= 15 is 0 Å². The maximum absolute atomic E-state index is 13.1. The van der Waals surface area contributed by atoms with E-state index in [0.29, 0.717) is 30.8 Å². The van der Waals surface area contributed by atoms with Crippen LogP contribution in [0, 0.1) is 5.92 Å². The number of amides is 1. The Morgan fingerprint density at radius 2 is 1.68 bits per heavy atom.